The zero-order valence-electron chi connectivity index (χ0n) is 12.9. The number of hydrogen-bond acceptors (Lipinski definition) is 2. The van der Waals surface area contributed by atoms with E-state index in [0.717, 1.165) is 23.0 Å². The number of nitrogens with two attached hydrogens (primary N) is 1. The Morgan fingerprint density at radius 1 is 1.38 bits per heavy atom. The number of amides is 1. The highest BCUT2D eigenvalue weighted by molar-refractivity contribution is 9.10. The summed E-state index contributed by atoms with van der Waals surface area (Å²) in [6.45, 7) is 7.24. The minimum Gasteiger partial charge on any atom is -0.330 e. The summed E-state index contributed by atoms with van der Waals surface area (Å²) in [5, 5.41) is 3.47. The van der Waals surface area contributed by atoms with E-state index in [9.17, 15) is 4.79 Å². The highest BCUT2D eigenvalue weighted by Crippen LogP contribution is 2.32. The Morgan fingerprint density at radius 2 is 2.05 bits per heavy atom. The van der Waals surface area contributed by atoms with Crippen LogP contribution in [-0.2, 0) is 4.79 Å². The number of benzene rings is 1. The van der Waals surface area contributed by atoms with Crippen LogP contribution in [0.25, 0.3) is 0 Å². The molecule has 21 heavy (non-hydrogen) atoms. The topological polar surface area (TPSA) is 55.1 Å². The summed E-state index contributed by atoms with van der Waals surface area (Å²) in [5.74, 6) is 0.460. The third-order valence-electron chi connectivity index (χ3n) is 3.66. The Bertz CT molecular complexity index is 486. The molecule has 3 nitrogen and oxygen atoms in total. The van der Waals surface area contributed by atoms with Crippen molar-refractivity contribution in [3.05, 3.63) is 27.7 Å². The van der Waals surface area contributed by atoms with Gasteiger partial charge in [0.25, 0.3) is 0 Å². The molecule has 0 radical (unpaired) electrons. The maximum Gasteiger partial charge on any atom is 0.224 e. The second-order valence-electron chi connectivity index (χ2n) is 6.36. The van der Waals surface area contributed by atoms with Crippen LogP contribution in [0.1, 0.15) is 40.0 Å². The number of nitrogens with one attached hydrogen (secondary N) is 1. The molecule has 0 aliphatic rings. The monoisotopic (exact) mass is 374 g/mol. The minimum atomic E-state index is 0.0136. The SMILES string of the molecule is CC(C)(C)C(CCN)CCC(=O)Nc1ccc(Br)c(Cl)c1. The normalized spacial score (nSPS) is 13.0. The molecule has 0 aromatic heterocycles. The molecule has 1 rings (SSSR count). The van der Waals surface area contributed by atoms with Gasteiger partial charge in [0.05, 0.1) is 5.02 Å². The summed E-state index contributed by atoms with van der Waals surface area (Å²) < 4.78 is 0.818. The van der Waals surface area contributed by atoms with Crippen molar-refractivity contribution < 1.29 is 4.79 Å². The molecule has 0 aliphatic heterocycles. The highest BCUT2D eigenvalue weighted by Gasteiger charge is 2.24. The van der Waals surface area contributed by atoms with Crippen molar-refractivity contribution in [3.8, 4) is 0 Å². The van der Waals surface area contributed by atoms with E-state index in [1.165, 1.54) is 0 Å². The molecule has 1 unspecified atom stereocenters. The molecule has 0 spiro atoms. The maximum absolute atomic E-state index is 12.0. The molecule has 118 valence electrons. The fraction of sp³-hybridized carbons (Fsp3) is 0.562. The van der Waals surface area contributed by atoms with Gasteiger partial charge in [0.1, 0.15) is 0 Å². The van der Waals surface area contributed by atoms with Crippen LogP contribution in [0, 0.1) is 11.3 Å². The average molecular weight is 376 g/mol. The van der Waals surface area contributed by atoms with Gasteiger partial charge in [-0.3, -0.25) is 4.79 Å². The molecule has 1 atom stereocenters. The van der Waals surface area contributed by atoms with Gasteiger partial charge in [0, 0.05) is 16.6 Å². The second kappa shape index (κ2) is 8.16. The Labute approximate surface area is 140 Å². The lowest BCUT2D eigenvalue weighted by molar-refractivity contribution is -0.116. The molecule has 0 saturated carbocycles. The molecule has 1 aromatic carbocycles. The van der Waals surface area contributed by atoms with Gasteiger partial charge >= 0.3 is 0 Å². The molecular weight excluding hydrogens is 352 g/mol. The summed E-state index contributed by atoms with van der Waals surface area (Å²) in [5.41, 5.74) is 6.56. The van der Waals surface area contributed by atoms with Crippen LogP contribution in [0.5, 0.6) is 0 Å². The smallest absolute Gasteiger partial charge is 0.224 e. The number of rotatable bonds is 6. The second-order valence-corrected chi connectivity index (χ2v) is 7.62. The van der Waals surface area contributed by atoms with E-state index in [2.05, 4.69) is 42.0 Å². The molecular formula is C16H24BrClN2O. The van der Waals surface area contributed by atoms with Crippen LogP contribution in [0.2, 0.25) is 5.02 Å². The number of hydrogen-bond donors (Lipinski definition) is 2. The molecule has 1 amide bonds. The quantitative estimate of drug-likeness (QED) is 0.748. The Morgan fingerprint density at radius 3 is 2.57 bits per heavy atom. The van der Waals surface area contributed by atoms with Crippen molar-refractivity contribution in [2.75, 3.05) is 11.9 Å². The van der Waals surface area contributed by atoms with Gasteiger partial charge in [0.2, 0.25) is 5.91 Å². The van der Waals surface area contributed by atoms with Gasteiger partial charge in [-0.1, -0.05) is 32.4 Å². The number of halogens is 2. The molecule has 1 aromatic rings. The van der Waals surface area contributed by atoms with Crippen LogP contribution >= 0.6 is 27.5 Å². The maximum atomic E-state index is 12.0. The lowest BCUT2D eigenvalue weighted by atomic mass is 9.76. The fourth-order valence-electron chi connectivity index (χ4n) is 2.31. The van der Waals surface area contributed by atoms with E-state index < -0.39 is 0 Å². The third kappa shape index (κ3) is 6.37. The van der Waals surface area contributed by atoms with Crippen molar-refractivity contribution in [1.82, 2.24) is 0 Å². The molecule has 5 heteroatoms. The zero-order chi connectivity index (χ0) is 16.0. The van der Waals surface area contributed by atoms with Gasteiger partial charge in [0.15, 0.2) is 0 Å². The Kier molecular flexibility index (Phi) is 7.17. The van der Waals surface area contributed by atoms with Crippen LogP contribution in [0.3, 0.4) is 0 Å². The lowest BCUT2D eigenvalue weighted by Gasteiger charge is -2.30. The number of carbonyl (C=O) groups excluding carboxylic acids is 1. The molecule has 0 bridgehead atoms. The number of carbonyl (C=O) groups is 1. The molecule has 3 N–H and O–H groups in total. The lowest BCUT2D eigenvalue weighted by Crippen LogP contribution is -2.25. The first-order valence-corrected chi connectivity index (χ1v) is 8.36. The Hall–Kier alpha value is -0.580. The molecule has 0 aliphatic carbocycles. The first-order valence-electron chi connectivity index (χ1n) is 7.19. The predicted molar refractivity (Wildman–Crippen MR) is 93.6 cm³/mol. The minimum absolute atomic E-state index is 0.0136. The largest absolute Gasteiger partial charge is 0.330 e. The van der Waals surface area contributed by atoms with Gasteiger partial charge in [-0.25, -0.2) is 0 Å². The van der Waals surface area contributed by atoms with E-state index in [1.807, 2.05) is 12.1 Å². The summed E-state index contributed by atoms with van der Waals surface area (Å²) >= 11 is 9.34. The number of anilines is 1. The summed E-state index contributed by atoms with van der Waals surface area (Å²) in [6, 6.07) is 5.39. The molecule has 0 saturated heterocycles. The molecule has 0 heterocycles. The van der Waals surface area contributed by atoms with Crippen LogP contribution in [0.15, 0.2) is 22.7 Å². The van der Waals surface area contributed by atoms with Crippen molar-refractivity contribution >= 4 is 39.1 Å². The molecule has 0 fully saturated rings. The van der Waals surface area contributed by atoms with E-state index in [-0.39, 0.29) is 11.3 Å². The third-order valence-corrected chi connectivity index (χ3v) is 4.90. The van der Waals surface area contributed by atoms with Crippen molar-refractivity contribution in [2.24, 2.45) is 17.1 Å². The zero-order valence-corrected chi connectivity index (χ0v) is 15.2. The van der Waals surface area contributed by atoms with Crippen LogP contribution in [-0.4, -0.2) is 12.5 Å². The Balaban J connectivity index is 2.54. The average Bonchev–Trinajstić information content (AvgIpc) is 2.37. The van der Waals surface area contributed by atoms with E-state index >= 15 is 0 Å². The predicted octanol–water partition coefficient (Wildman–Crippen LogP) is 4.83. The summed E-state index contributed by atoms with van der Waals surface area (Å²) in [7, 11) is 0. The van der Waals surface area contributed by atoms with Crippen molar-refractivity contribution in [3.63, 3.8) is 0 Å². The fourth-order valence-corrected chi connectivity index (χ4v) is 2.74. The van der Waals surface area contributed by atoms with Crippen LogP contribution < -0.4 is 11.1 Å². The van der Waals surface area contributed by atoms with Crippen molar-refractivity contribution in [2.45, 2.75) is 40.0 Å². The van der Waals surface area contributed by atoms with E-state index in [1.54, 1.807) is 6.07 Å². The van der Waals surface area contributed by atoms with E-state index in [4.69, 9.17) is 17.3 Å². The van der Waals surface area contributed by atoms with Gasteiger partial charge in [-0.15, -0.1) is 0 Å². The van der Waals surface area contributed by atoms with E-state index in [0.29, 0.717) is 23.9 Å². The first kappa shape index (κ1) is 18.5. The standard InChI is InChI=1S/C16H24BrClN2O/c1-16(2,3)11(8-9-19)4-7-15(21)20-12-5-6-13(17)14(18)10-12/h5-6,10-11H,4,7-9,19H2,1-3H3,(H,20,21). The van der Waals surface area contributed by atoms with Gasteiger partial charge < -0.3 is 11.1 Å². The van der Waals surface area contributed by atoms with Crippen LogP contribution in [0.4, 0.5) is 5.69 Å². The highest BCUT2D eigenvalue weighted by atomic mass is 79.9. The summed E-state index contributed by atoms with van der Waals surface area (Å²) in [6.07, 6.45) is 2.29. The first-order chi connectivity index (χ1) is 9.74. The van der Waals surface area contributed by atoms with Crippen molar-refractivity contribution in [1.29, 1.82) is 0 Å². The summed E-state index contributed by atoms with van der Waals surface area (Å²) in [4.78, 5) is 12.0. The van der Waals surface area contributed by atoms with Gasteiger partial charge in [-0.05, 0) is 64.8 Å². The van der Waals surface area contributed by atoms with Gasteiger partial charge in [-0.2, -0.15) is 0 Å².